The van der Waals surface area contributed by atoms with Gasteiger partial charge < -0.3 is 14.9 Å². The van der Waals surface area contributed by atoms with Gasteiger partial charge in [0.2, 0.25) is 5.91 Å². The molecule has 1 amide bonds. The SMILES string of the molecule is C[C@@H](O)c1cc([N+](=O)[O-])c(N2CCN3C(=O)CCC3C2)s1. The fourth-order valence-corrected chi connectivity index (χ4v) is 4.10. The molecule has 0 spiro atoms. The highest BCUT2D eigenvalue weighted by atomic mass is 32.1. The molecule has 114 valence electrons. The molecule has 0 saturated carbocycles. The van der Waals surface area contributed by atoms with Gasteiger partial charge in [-0.25, -0.2) is 0 Å². The lowest BCUT2D eigenvalue weighted by molar-refractivity contribution is -0.383. The molecular weight excluding hydrogens is 294 g/mol. The fraction of sp³-hybridized carbons (Fsp3) is 0.615. The van der Waals surface area contributed by atoms with Crippen LogP contribution in [0.15, 0.2) is 6.07 Å². The Morgan fingerprint density at radius 2 is 2.29 bits per heavy atom. The second-order valence-corrected chi connectivity index (χ2v) is 6.56. The number of nitrogens with zero attached hydrogens (tertiary/aromatic N) is 3. The van der Waals surface area contributed by atoms with E-state index in [9.17, 15) is 20.0 Å². The number of nitro groups is 1. The maximum atomic E-state index is 11.7. The van der Waals surface area contributed by atoms with Gasteiger partial charge in [-0.15, -0.1) is 11.3 Å². The first kappa shape index (κ1) is 14.3. The maximum Gasteiger partial charge on any atom is 0.304 e. The van der Waals surface area contributed by atoms with Gasteiger partial charge in [0.25, 0.3) is 0 Å². The van der Waals surface area contributed by atoms with Crippen LogP contribution in [0, 0.1) is 10.1 Å². The van der Waals surface area contributed by atoms with E-state index >= 15 is 0 Å². The number of hydrogen-bond donors (Lipinski definition) is 1. The van der Waals surface area contributed by atoms with E-state index in [1.165, 1.54) is 17.4 Å². The van der Waals surface area contributed by atoms with E-state index in [1.807, 2.05) is 9.80 Å². The van der Waals surface area contributed by atoms with Crippen LogP contribution in [0.1, 0.15) is 30.7 Å². The number of thiophene rings is 1. The molecule has 2 fully saturated rings. The van der Waals surface area contributed by atoms with E-state index in [2.05, 4.69) is 0 Å². The summed E-state index contributed by atoms with van der Waals surface area (Å²) in [7, 11) is 0. The van der Waals surface area contributed by atoms with E-state index in [0.717, 1.165) is 6.42 Å². The molecule has 0 bridgehead atoms. The summed E-state index contributed by atoms with van der Waals surface area (Å²) in [5, 5.41) is 21.5. The first-order chi connectivity index (χ1) is 9.97. The monoisotopic (exact) mass is 311 g/mol. The Morgan fingerprint density at radius 1 is 1.52 bits per heavy atom. The quantitative estimate of drug-likeness (QED) is 0.675. The van der Waals surface area contributed by atoms with Gasteiger partial charge in [-0.3, -0.25) is 14.9 Å². The number of rotatable bonds is 3. The number of fused-ring (bicyclic) bond motifs is 1. The molecule has 0 radical (unpaired) electrons. The lowest BCUT2D eigenvalue weighted by Gasteiger charge is -2.37. The van der Waals surface area contributed by atoms with Crippen molar-refractivity contribution in [3.63, 3.8) is 0 Å². The molecule has 1 aromatic heterocycles. The standard InChI is InChI=1S/C13H17N3O4S/c1-8(17)11-6-10(16(19)20)13(21-11)14-4-5-15-9(7-14)2-3-12(15)18/h6,8-9,17H,2-5,7H2,1H3/t8-,9?/m1/s1. The Hall–Kier alpha value is -1.67. The summed E-state index contributed by atoms with van der Waals surface area (Å²) < 4.78 is 0. The van der Waals surface area contributed by atoms with Crippen LogP contribution in [0.5, 0.6) is 0 Å². The zero-order chi connectivity index (χ0) is 15.1. The third-order valence-electron chi connectivity index (χ3n) is 4.10. The number of aliphatic hydroxyl groups excluding tert-OH is 1. The van der Waals surface area contributed by atoms with Crippen molar-refractivity contribution in [2.45, 2.75) is 31.9 Å². The van der Waals surface area contributed by atoms with Crippen molar-refractivity contribution in [1.82, 2.24) is 4.90 Å². The molecule has 0 aromatic carbocycles. The summed E-state index contributed by atoms with van der Waals surface area (Å²) in [6.45, 7) is 3.45. The average Bonchev–Trinajstić information content (AvgIpc) is 3.03. The average molecular weight is 311 g/mol. The molecule has 7 nitrogen and oxygen atoms in total. The van der Waals surface area contributed by atoms with Crippen LogP contribution < -0.4 is 4.90 Å². The van der Waals surface area contributed by atoms with Crippen molar-refractivity contribution >= 4 is 27.9 Å². The molecule has 0 aliphatic carbocycles. The van der Waals surface area contributed by atoms with Crippen molar-refractivity contribution in [2.24, 2.45) is 0 Å². The number of carbonyl (C=O) groups excluding carboxylic acids is 1. The first-order valence-corrected chi connectivity index (χ1v) is 7.79. The number of aliphatic hydroxyl groups is 1. The van der Waals surface area contributed by atoms with Gasteiger partial charge in [0, 0.05) is 43.0 Å². The molecule has 8 heteroatoms. The van der Waals surface area contributed by atoms with Gasteiger partial charge in [-0.2, -0.15) is 0 Å². The van der Waals surface area contributed by atoms with Crippen LogP contribution in [0.25, 0.3) is 0 Å². The second kappa shape index (κ2) is 5.27. The van der Waals surface area contributed by atoms with Crippen molar-refractivity contribution in [1.29, 1.82) is 0 Å². The Bertz CT molecular complexity index is 586. The van der Waals surface area contributed by atoms with Gasteiger partial charge in [0.15, 0.2) is 5.00 Å². The highest BCUT2D eigenvalue weighted by Crippen LogP contribution is 2.41. The Morgan fingerprint density at radius 3 is 2.95 bits per heavy atom. The zero-order valence-electron chi connectivity index (χ0n) is 11.7. The van der Waals surface area contributed by atoms with E-state index in [0.29, 0.717) is 35.9 Å². The van der Waals surface area contributed by atoms with Crippen LogP contribution in [-0.4, -0.2) is 46.5 Å². The second-order valence-electron chi connectivity index (χ2n) is 5.50. The van der Waals surface area contributed by atoms with E-state index in [-0.39, 0.29) is 17.6 Å². The van der Waals surface area contributed by atoms with E-state index in [4.69, 9.17) is 0 Å². The fourth-order valence-electron chi connectivity index (χ4n) is 3.00. The molecule has 2 saturated heterocycles. The number of carbonyl (C=O) groups is 1. The molecule has 1 N–H and O–H groups in total. The molecule has 3 heterocycles. The number of amides is 1. The lowest BCUT2D eigenvalue weighted by atomic mass is 10.1. The summed E-state index contributed by atoms with van der Waals surface area (Å²) in [6.07, 6.45) is 0.679. The summed E-state index contributed by atoms with van der Waals surface area (Å²) in [4.78, 5) is 27.0. The Kier molecular flexibility index (Phi) is 3.58. The minimum atomic E-state index is -0.711. The molecule has 1 unspecified atom stereocenters. The van der Waals surface area contributed by atoms with Gasteiger partial charge >= 0.3 is 5.69 Å². The molecular formula is C13H17N3O4S. The summed E-state index contributed by atoms with van der Waals surface area (Å²) >= 11 is 1.27. The first-order valence-electron chi connectivity index (χ1n) is 6.98. The van der Waals surface area contributed by atoms with Crippen molar-refractivity contribution in [2.75, 3.05) is 24.5 Å². The summed E-state index contributed by atoms with van der Waals surface area (Å²) in [6, 6.07) is 1.61. The van der Waals surface area contributed by atoms with Gasteiger partial charge in [-0.05, 0) is 13.3 Å². The van der Waals surface area contributed by atoms with Gasteiger partial charge in [0.1, 0.15) is 0 Å². The molecule has 2 atom stereocenters. The van der Waals surface area contributed by atoms with Crippen LogP contribution >= 0.6 is 11.3 Å². The molecule has 21 heavy (non-hydrogen) atoms. The van der Waals surface area contributed by atoms with E-state index < -0.39 is 11.0 Å². The molecule has 2 aliphatic rings. The third-order valence-corrected chi connectivity index (χ3v) is 5.46. The topological polar surface area (TPSA) is 86.9 Å². The van der Waals surface area contributed by atoms with E-state index in [1.54, 1.807) is 6.92 Å². The maximum absolute atomic E-state index is 11.7. The minimum Gasteiger partial charge on any atom is -0.388 e. The number of piperazine rings is 1. The Labute approximate surface area is 125 Å². The highest BCUT2D eigenvalue weighted by molar-refractivity contribution is 7.16. The lowest BCUT2D eigenvalue weighted by Crippen LogP contribution is -2.51. The van der Waals surface area contributed by atoms with Gasteiger partial charge in [0.05, 0.1) is 11.0 Å². The number of hydrogen-bond acceptors (Lipinski definition) is 6. The van der Waals surface area contributed by atoms with Crippen molar-refractivity contribution < 1.29 is 14.8 Å². The molecule has 3 rings (SSSR count). The van der Waals surface area contributed by atoms with Gasteiger partial charge in [-0.1, -0.05) is 0 Å². The van der Waals surface area contributed by atoms with Crippen molar-refractivity contribution in [3.05, 3.63) is 21.1 Å². The van der Waals surface area contributed by atoms with Crippen LogP contribution in [0.2, 0.25) is 0 Å². The zero-order valence-corrected chi connectivity index (χ0v) is 12.5. The predicted octanol–water partition coefficient (Wildman–Crippen LogP) is 1.52. The predicted molar refractivity (Wildman–Crippen MR) is 78.6 cm³/mol. The molecule has 1 aromatic rings. The van der Waals surface area contributed by atoms with Crippen LogP contribution in [0.4, 0.5) is 10.7 Å². The summed E-state index contributed by atoms with van der Waals surface area (Å²) in [5.74, 6) is 0.185. The number of anilines is 1. The normalized spacial score (nSPS) is 23.3. The summed E-state index contributed by atoms with van der Waals surface area (Å²) in [5.41, 5.74) is 0.0497. The minimum absolute atomic E-state index is 0.0497. The largest absolute Gasteiger partial charge is 0.388 e. The smallest absolute Gasteiger partial charge is 0.304 e. The third kappa shape index (κ3) is 2.49. The van der Waals surface area contributed by atoms with Crippen molar-refractivity contribution in [3.8, 4) is 0 Å². The highest BCUT2D eigenvalue weighted by Gasteiger charge is 2.37. The van der Waals surface area contributed by atoms with Crippen LogP contribution in [-0.2, 0) is 4.79 Å². The van der Waals surface area contributed by atoms with Crippen LogP contribution in [0.3, 0.4) is 0 Å². The molecule has 2 aliphatic heterocycles. The Balaban J connectivity index is 1.87.